The number of hydrogen-bond donors (Lipinski definition) is 0. The van der Waals surface area contributed by atoms with Crippen LogP contribution in [0.25, 0.3) is 0 Å². The monoisotopic (exact) mass is 358 g/mol. The summed E-state index contributed by atoms with van der Waals surface area (Å²) >= 11 is 0. The molecular formula is C21H30O3Si. The fourth-order valence-electron chi connectivity index (χ4n) is 4.10. The Labute approximate surface area is 153 Å². The van der Waals surface area contributed by atoms with E-state index in [-0.39, 0.29) is 5.97 Å². The highest BCUT2D eigenvalue weighted by Gasteiger charge is 2.42. The first-order valence-electron chi connectivity index (χ1n) is 9.09. The highest BCUT2D eigenvalue weighted by atomic mass is 28.3. The number of benzene rings is 1. The third-order valence-corrected chi connectivity index (χ3v) is 11.5. The lowest BCUT2D eigenvalue weighted by atomic mass is 10.1. The molecule has 0 radical (unpaired) electrons. The highest BCUT2D eigenvalue weighted by Crippen LogP contribution is 2.41. The molecular weight excluding hydrogens is 328 g/mol. The molecule has 1 aromatic carbocycles. The number of cyclic esters (lactones) is 1. The fourth-order valence-corrected chi connectivity index (χ4v) is 9.32. The van der Waals surface area contributed by atoms with Gasteiger partial charge in [0.05, 0.1) is 0 Å². The zero-order valence-corrected chi connectivity index (χ0v) is 17.7. The van der Waals surface area contributed by atoms with Crippen LogP contribution in [-0.4, -0.2) is 19.8 Å². The quantitative estimate of drug-likeness (QED) is 0.404. The van der Waals surface area contributed by atoms with E-state index in [1.165, 1.54) is 0 Å². The predicted octanol–water partition coefficient (Wildman–Crippen LogP) is 5.54. The van der Waals surface area contributed by atoms with Gasteiger partial charge in [0.25, 0.3) is 0 Å². The summed E-state index contributed by atoms with van der Waals surface area (Å²) in [5.41, 5.74) is 6.45. The summed E-state index contributed by atoms with van der Waals surface area (Å²) in [6.45, 7) is 17.1. The minimum atomic E-state index is -1.86. The average molecular weight is 359 g/mol. The van der Waals surface area contributed by atoms with Crippen LogP contribution in [0.15, 0.2) is 18.2 Å². The molecule has 0 aliphatic carbocycles. The van der Waals surface area contributed by atoms with Crippen LogP contribution in [0.1, 0.15) is 71.3 Å². The highest BCUT2D eigenvalue weighted by molar-refractivity contribution is 6.90. The lowest BCUT2D eigenvalue weighted by Gasteiger charge is -2.38. The second-order valence-corrected chi connectivity index (χ2v) is 13.8. The lowest BCUT2D eigenvalue weighted by Crippen LogP contribution is -2.43. The molecule has 1 aliphatic heterocycles. The Bertz CT molecular complexity index is 699. The smallest absolute Gasteiger partial charge is 0.346 e. The maximum Gasteiger partial charge on any atom is 0.346 e. The van der Waals surface area contributed by atoms with Gasteiger partial charge in [0.1, 0.15) is 19.4 Å². The van der Waals surface area contributed by atoms with Crippen LogP contribution in [0.2, 0.25) is 16.6 Å². The van der Waals surface area contributed by atoms with Crippen molar-refractivity contribution < 1.29 is 14.3 Å². The molecule has 0 aromatic heterocycles. The number of ether oxygens (including phenoxy) is 2. The zero-order valence-electron chi connectivity index (χ0n) is 16.7. The van der Waals surface area contributed by atoms with Gasteiger partial charge in [-0.05, 0) is 28.8 Å². The van der Waals surface area contributed by atoms with E-state index in [1.54, 1.807) is 19.9 Å². The van der Waals surface area contributed by atoms with E-state index in [0.29, 0.717) is 33.5 Å². The Kier molecular flexibility index (Phi) is 5.39. The Hall–Kier alpha value is -1.73. The van der Waals surface area contributed by atoms with Crippen LogP contribution in [-0.2, 0) is 4.74 Å². The largest absolute Gasteiger partial charge is 0.452 e. The van der Waals surface area contributed by atoms with Gasteiger partial charge in [0, 0.05) is 19.4 Å². The lowest BCUT2D eigenvalue weighted by molar-refractivity contribution is -0.127. The van der Waals surface area contributed by atoms with Gasteiger partial charge in [-0.3, -0.25) is 0 Å². The molecule has 0 amide bonds. The van der Waals surface area contributed by atoms with Crippen molar-refractivity contribution in [2.45, 2.75) is 77.8 Å². The van der Waals surface area contributed by atoms with Crippen LogP contribution >= 0.6 is 0 Å². The summed E-state index contributed by atoms with van der Waals surface area (Å²) in [6.07, 6.45) is 0. The Morgan fingerprint density at radius 1 is 0.960 bits per heavy atom. The van der Waals surface area contributed by atoms with Crippen LogP contribution in [0.3, 0.4) is 0 Å². The number of carbonyl (C=O) groups excluding carboxylic acids is 1. The maximum atomic E-state index is 12.5. The van der Waals surface area contributed by atoms with Gasteiger partial charge in [-0.1, -0.05) is 53.5 Å². The summed E-state index contributed by atoms with van der Waals surface area (Å²) in [6, 6.07) is 5.58. The second-order valence-electron chi connectivity index (χ2n) is 8.22. The van der Waals surface area contributed by atoms with E-state index < -0.39 is 13.9 Å². The summed E-state index contributed by atoms with van der Waals surface area (Å²) in [7, 11) is -1.86. The molecule has 2 rings (SSSR count). The fraction of sp³-hybridized carbons (Fsp3) is 0.571. The Morgan fingerprint density at radius 2 is 1.52 bits per heavy atom. The minimum Gasteiger partial charge on any atom is -0.452 e. The minimum absolute atomic E-state index is 0.359. The molecule has 1 heterocycles. The zero-order chi connectivity index (χ0) is 19.0. The van der Waals surface area contributed by atoms with E-state index in [2.05, 4.69) is 53.0 Å². The van der Waals surface area contributed by atoms with Crippen molar-refractivity contribution >= 4 is 14.0 Å². The normalized spacial score (nSPS) is 16.2. The molecule has 0 saturated carbocycles. The van der Waals surface area contributed by atoms with E-state index in [0.717, 1.165) is 0 Å². The van der Waals surface area contributed by atoms with Crippen LogP contribution in [0.5, 0.6) is 5.75 Å². The third-order valence-electron chi connectivity index (χ3n) is 5.20. The van der Waals surface area contributed by atoms with E-state index >= 15 is 0 Å². The van der Waals surface area contributed by atoms with Crippen molar-refractivity contribution in [3.63, 3.8) is 0 Å². The van der Waals surface area contributed by atoms with Crippen molar-refractivity contribution in [3.05, 3.63) is 29.3 Å². The molecule has 0 atom stereocenters. The summed E-state index contributed by atoms with van der Waals surface area (Å²) < 4.78 is 11.2. The molecule has 0 spiro atoms. The summed E-state index contributed by atoms with van der Waals surface area (Å²) in [5.74, 6) is 2.60. The Morgan fingerprint density at radius 3 is 2.04 bits per heavy atom. The first kappa shape index (κ1) is 19.6. The predicted molar refractivity (Wildman–Crippen MR) is 104 cm³/mol. The summed E-state index contributed by atoms with van der Waals surface area (Å²) in [4.78, 5) is 12.5. The van der Waals surface area contributed by atoms with Gasteiger partial charge >= 0.3 is 5.97 Å². The van der Waals surface area contributed by atoms with Crippen LogP contribution < -0.4 is 4.74 Å². The molecule has 136 valence electrons. The number of esters is 1. The average Bonchev–Trinajstić information content (AvgIpc) is 2.44. The first-order valence-corrected chi connectivity index (χ1v) is 11.3. The van der Waals surface area contributed by atoms with Gasteiger partial charge in [0.2, 0.25) is 5.79 Å². The van der Waals surface area contributed by atoms with E-state index in [4.69, 9.17) is 9.47 Å². The van der Waals surface area contributed by atoms with E-state index in [9.17, 15) is 4.79 Å². The van der Waals surface area contributed by atoms with Gasteiger partial charge < -0.3 is 9.47 Å². The molecule has 0 bridgehead atoms. The number of fused-ring (bicyclic) bond motifs is 1. The van der Waals surface area contributed by atoms with Crippen molar-refractivity contribution in [3.8, 4) is 17.2 Å². The standard InChI is InChI=1S/C21H30O3Si/c1-14(2)25(15(3)4,16(5)6)13-12-17-10-9-11-18-19(17)20(22)24-21(7,8)23-18/h9-11,14-16H,1-8H3. The first-order chi connectivity index (χ1) is 11.5. The van der Waals surface area contributed by atoms with E-state index in [1.807, 2.05) is 12.1 Å². The molecule has 0 fully saturated rings. The third kappa shape index (κ3) is 3.62. The van der Waals surface area contributed by atoms with Gasteiger partial charge in [-0.2, -0.15) is 0 Å². The van der Waals surface area contributed by atoms with Gasteiger partial charge in [-0.15, -0.1) is 5.54 Å². The molecule has 0 saturated heterocycles. The molecule has 0 N–H and O–H groups in total. The summed E-state index contributed by atoms with van der Waals surface area (Å²) in [5, 5.41) is 0. The Balaban J connectivity index is 2.57. The molecule has 1 aliphatic rings. The van der Waals surface area contributed by atoms with Gasteiger partial charge in [0.15, 0.2) is 0 Å². The van der Waals surface area contributed by atoms with Crippen molar-refractivity contribution in [2.75, 3.05) is 0 Å². The van der Waals surface area contributed by atoms with Crippen LogP contribution in [0.4, 0.5) is 0 Å². The second kappa shape index (κ2) is 6.88. The number of rotatable bonds is 3. The molecule has 0 unspecified atom stereocenters. The van der Waals surface area contributed by atoms with Crippen molar-refractivity contribution in [1.29, 1.82) is 0 Å². The molecule has 4 heteroatoms. The topological polar surface area (TPSA) is 35.5 Å². The van der Waals surface area contributed by atoms with Gasteiger partial charge in [-0.25, -0.2) is 4.79 Å². The maximum absolute atomic E-state index is 12.5. The van der Waals surface area contributed by atoms with Crippen molar-refractivity contribution in [1.82, 2.24) is 0 Å². The van der Waals surface area contributed by atoms with Crippen LogP contribution in [0, 0.1) is 11.5 Å². The SMILES string of the molecule is CC(C)[Si](C#Cc1cccc2c1C(=O)OC(C)(C)O2)(C(C)C)C(C)C. The molecule has 25 heavy (non-hydrogen) atoms. The number of carbonyl (C=O) groups is 1. The molecule has 1 aromatic rings. The number of hydrogen-bond acceptors (Lipinski definition) is 3. The molecule has 3 nitrogen and oxygen atoms in total. The van der Waals surface area contributed by atoms with Crippen molar-refractivity contribution in [2.24, 2.45) is 0 Å².